The Bertz CT molecular complexity index is 1290. The number of hydrogen-bond donors (Lipinski definition) is 1. The maximum absolute atomic E-state index is 13.5. The van der Waals surface area contributed by atoms with Crippen molar-refractivity contribution in [1.82, 2.24) is 14.9 Å². The van der Waals surface area contributed by atoms with E-state index in [-0.39, 0.29) is 29.5 Å². The zero-order chi connectivity index (χ0) is 22.7. The van der Waals surface area contributed by atoms with Crippen LogP contribution in [0.1, 0.15) is 44.9 Å². The summed E-state index contributed by atoms with van der Waals surface area (Å²) in [5.74, 6) is -1.77. The van der Waals surface area contributed by atoms with E-state index < -0.39 is 12.0 Å². The molecule has 0 fully saturated rings. The number of halogens is 1. The first-order chi connectivity index (χ1) is 15.4. The van der Waals surface area contributed by atoms with Crippen molar-refractivity contribution in [2.24, 2.45) is 0 Å². The first-order valence-corrected chi connectivity index (χ1v) is 10.0. The largest absolute Gasteiger partial charge is 0.478 e. The van der Waals surface area contributed by atoms with Crippen molar-refractivity contribution in [3.05, 3.63) is 107 Å². The third-order valence-corrected chi connectivity index (χ3v) is 5.28. The van der Waals surface area contributed by atoms with Crippen LogP contribution in [0, 0.1) is 5.82 Å². The molecule has 1 unspecified atom stereocenters. The lowest BCUT2D eigenvalue weighted by atomic mass is 10.0. The fourth-order valence-electron chi connectivity index (χ4n) is 3.51. The van der Waals surface area contributed by atoms with E-state index >= 15 is 0 Å². The van der Waals surface area contributed by atoms with Crippen molar-refractivity contribution >= 4 is 22.9 Å². The minimum absolute atomic E-state index is 0.134. The molecule has 4 aromatic rings. The lowest BCUT2D eigenvalue weighted by Crippen LogP contribution is -2.34. The molecule has 1 atom stereocenters. The molecule has 4 rings (SSSR count). The van der Waals surface area contributed by atoms with Gasteiger partial charge in [-0.25, -0.2) is 14.2 Å². The van der Waals surface area contributed by atoms with Gasteiger partial charge in [0.2, 0.25) is 0 Å². The maximum atomic E-state index is 13.5. The summed E-state index contributed by atoms with van der Waals surface area (Å²) < 4.78 is 13.4. The average Bonchev–Trinajstić information content (AvgIpc) is 2.82. The molecule has 0 aliphatic carbocycles. The smallest absolute Gasteiger partial charge is 0.335 e. The van der Waals surface area contributed by atoms with Crippen molar-refractivity contribution < 1.29 is 19.1 Å². The summed E-state index contributed by atoms with van der Waals surface area (Å²) >= 11 is 0. The fraction of sp³-hybridized carbons (Fsp3) is 0.120. The zero-order valence-corrected chi connectivity index (χ0v) is 17.3. The van der Waals surface area contributed by atoms with Crippen LogP contribution in [-0.2, 0) is 6.54 Å². The number of aromatic carboxylic acids is 1. The normalized spacial score (nSPS) is 11.8. The Morgan fingerprint density at radius 3 is 2.44 bits per heavy atom. The van der Waals surface area contributed by atoms with Crippen molar-refractivity contribution in [1.29, 1.82) is 0 Å². The maximum Gasteiger partial charge on any atom is 0.335 e. The second-order valence-electron chi connectivity index (χ2n) is 7.41. The molecule has 1 N–H and O–H groups in total. The van der Waals surface area contributed by atoms with Gasteiger partial charge in [-0.1, -0.05) is 36.4 Å². The third-order valence-electron chi connectivity index (χ3n) is 5.28. The predicted molar refractivity (Wildman–Crippen MR) is 118 cm³/mol. The van der Waals surface area contributed by atoms with Gasteiger partial charge in [0.25, 0.3) is 5.91 Å². The van der Waals surface area contributed by atoms with Crippen molar-refractivity contribution in [2.75, 3.05) is 0 Å². The SMILES string of the molecule is CC(c1ccc(F)cc1)N(Cc1cccc(C(=O)O)c1)C(=O)c1cnc2ccccc2n1. The highest BCUT2D eigenvalue weighted by Gasteiger charge is 2.25. The topological polar surface area (TPSA) is 83.4 Å². The molecule has 160 valence electrons. The number of carboxylic acids is 1. The average molecular weight is 429 g/mol. The molecular formula is C25H20FN3O3. The van der Waals surface area contributed by atoms with Crippen molar-refractivity contribution in [3.63, 3.8) is 0 Å². The molecule has 0 bridgehead atoms. The lowest BCUT2D eigenvalue weighted by Gasteiger charge is -2.29. The highest BCUT2D eigenvalue weighted by molar-refractivity contribution is 5.94. The van der Waals surface area contributed by atoms with Crippen LogP contribution in [0.4, 0.5) is 4.39 Å². The Morgan fingerprint density at radius 1 is 1.00 bits per heavy atom. The standard InChI is InChI=1S/C25H20FN3O3/c1-16(18-9-11-20(26)12-10-18)29(15-17-5-4-6-19(13-17)25(31)32)24(30)23-14-27-21-7-2-3-8-22(21)28-23/h2-14,16H,15H2,1H3,(H,31,32). The number of nitrogens with zero attached hydrogens (tertiary/aromatic N) is 3. The van der Waals surface area contributed by atoms with E-state index in [0.29, 0.717) is 16.6 Å². The van der Waals surface area contributed by atoms with E-state index in [4.69, 9.17) is 0 Å². The van der Waals surface area contributed by atoms with Gasteiger partial charge in [-0.15, -0.1) is 0 Å². The predicted octanol–water partition coefficient (Wildman–Crippen LogP) is 4.87. The van der Waals surface area contributed by atoms with Gasteiger partial charge in [0.1, 0.15) is 11.5 Å². The molecule has 7 heteroatoms. The van der Waals surface area contributed by atoms with Crippen LogP contribution in [-0.4, -0.2) is 31.9 Å². The van der Waals surface area contributed by atoms with E-state index in [2.05, 4.69) is 9.97 Å². The second kappa shape index (κ2) is 8.93. The Kier molecular flexibility index (Phi) is 5.89. The van der Waals surface area contributed by atoms with Crippen LogP contribution >= 0.6 is 0 Å². The Morgan fingerprint density at radius 2 is 1.72 bits per heavy atom. The number of amides is 1. The van der Waals surface area contributed by atoms with Crippen LogP contribution in [0.3, 0.4) is 0 Å². The van der Waals surface area contributed by atoms with Crippen LogP contribution in [0.5, 0.6) is 0 Å². The summed E-state index contributed by atoms with van der Waals surface area (Å²) in [6.07, 6.45) is 1.43. The van der Waals surface area contributed by atoms with Gasteiger partial charge >= 0.3 is 5.97 Å². The van der Waals surface area contributed by atoms with Gasteiger partial charge in [0.05, 0.1) is 28.8 Å². The summed E-state index contributed by atoms with van der Waals surface area (Å²) in [7, 11) is 0. The van der Waals surface area contributed by atoms with Crippen LogP contribution in [0.25, 0.3) is 11.0 Å². The van der Waals surface area contributed by atoms with Crippen molar-refractivity contribution in [3.8, 4) is 0 Å². The van der Waals surface area contributed by atoms with Gasteiger partial charge in [0.15, 0.2) is 0 Å². The summed E-state index contributed by atoms with van der Waals surface area (Å²) in [6, 6.07) is 19.2. The van der Waals surface area contributed by atoms with Crippen LogP contribution < -0.4 is 0 Å². The van der Waals surface area contributed by atoms with E-state index in [9.17, 15) is 19.1 Å². The van der Waals surface area contributed by atoms with E-state index in [1.54, 1.807) is 35.2 Å². The molecule has 0 aliphatic heterocycles. The zero-order valence-electron chi connectivity index (χ0n) is 17.3. The number of carbonyl (C=O) groups excluding carboxylic acids is 1. The van der Waals surface area contributed by atoms with Crippen LogP contribution in [0.2, 0.25) is 0 Å². The molecule has 1 amide bonds. The van der Waals surface area contributed by atoms with E-state index in [0.717, 1.165) is 5.56 Å². The van der Waals surface area contributed by atoms with Gasteiger partial charge in [0, 0.05) is 6.54 Å². The number of hydrogen-bond acceptors (Lipinski definition) is 4. The van der Waals surface area contributed by atoms with Crippen molar-refractivity contribution in [2.45, 2.75) is 19.5 Å². The first kappa shape index (κ1) is 21.1. The quantitative estimate of drug-likeness (QED) is 0.473. The fourth-order valence-corrected chi connectivity index (χ4v) is 3.51. The molecule has 32 heavy (non-hydrogen) atoms. The highest BCUT2D eigenvalue weighted by Crippen LogP contribution is 2.25. The molecule has 6 nitrogen and oxygen atoms in total. The number of fused-ring (bicyclic) bond motifs is 1. The summed E-state index contributed by atoms with van der Waals surface area (Å²) in [5.41, 5.74) is 2.97. The first-order valence-electron chi connectivity index (χ1n) is 10.0. The van der Waals surface area contributed by atoms with Gasteiger partial charge in [-0.2, -0.15) is 0 Å². The number of benzene rings is 3. The van der Waals surface area contributed by atoms with Crippen LogP contribution in [0.15, 0.2) is 79.0 Å². The lowest BCUT2D eigenvalue weighted by molar-refractivity contribution is 0.0667. The Balaban J connectivity index is 1.73. The molecule has 0 saturated heterocycles. The molecular weight excluding hydrogens is 409 g/mol. The third kappa shape index (κ3) is 4.46. The molecule has 3 aromatic carbocycles. The van der Waals surface area contributed by atoms with Gasteiger partial charge in [-0.3, -0.25) is 9.78 Å². The number of rotatable bonds is 6. The number of aromatic nitrogens is 2. The second-order valence-corrected chi connectivity index (χ2v) is 7.41. The molecule has 0 spiro atoms. The molecule has 1 aromatic heterocycles. The summed E-state index contributed by atoms with van der Waals surface area (Å²) in [5, 5.41) is 9.31. The number of carboxylic acid groups (broad SMARTS) is 1. The van der Waals surface area contributed by atoms with E-state index in [1.165, 1.54) is 30.5 Å². The minimum atomic E-state index is -1.04. The Labute approximate surface area is 184 Å². The number of carbonyl (C=O) groups is 2. The molecule has 0 radical (unpaired) electrons. The monoisotopic (exact) mass is 429 g/mol. The molecule has 0 aliphatic rings. The number of para-hydroxylation sites is 2. The van der Waals surface area contributed by atoms with Gasteiger partial charge in [-0.05, 0) is 54.4 Å². The highest BCUT2D eigenvalue weighted by atomic mass is 19.1. The van der Waals surface area contributed by atoms with E-state index in [1.807, 2.05) is 25.1 Å². The summed E-state index contributed by atoms with van der Waals surface area (Å²) in [6.45, 7) is 1.98. The minimum Gasteiger partial charge on any atom is -0.478 e. The Hall–Kier alpha value is -4.13. The van der Waals surface area contributed by atoms with Gasteiger partial charge < -0.3 is 10.0 Å². The molecule has 0 saturated carbocycles. The summed E-state index contributed by atoms with van der Waals surface area (Å²) in [4.78, 5) is 35.3. The molecule has 1 heterocycles.